The summed E-state index contributed by atoms with van der Waals surface area (Å²) in [6.45, 7) is 3.47. The molecule has 5 rings (SSSR count). The first-order valence-corrected chi connectivity index (χ1v) is 12.8. The molecule has 38 heavy (non-hydrogen) atoms. The van der Waals surface area contributed by atoms with Gasteiger partial charge in [-0.3, -0.25) is 4.79 Å². The van der Waals surface area contributed by atoms with E-state index in [1.807, 2.05) is 30.3 Å². The van der Waals surface area contributed by atoms with Gasteiger partial charge in [-0.2, -0.15) is 5.26 Å². The van der Waals surface area contributed by atoms with Gasteiger partial charge in [0, 0.05) is 55.9 Å². The number of aliphatic hydroxyl groups is 1. The molecule has 1 unspecified atom stereocenters. The Hall–Kier alpha value is -4.20. The van der Waals surface area contributed by atoms with Gasteiger partial charge in [-0.15, -0.1) is 0 Å². The molecule has 0 spiro atoms. The minimum atomic E-state index is -0.444. The van der Waals surface area contributed by atoms with Crippen LogP contribution in [0.25, 0.3) is 11.4 Å². The van der Waals surface area contributed by atoms with Crippen molar-refractivity contribution in [1.29, 1.82) is 5.26 Å². The molecule has 0 aliphatic carbocycles. The molecule has 0 saturated carbocycles. The Balaban J connectivity index is 1.23. The predicted octanol–water partition coefficient (Wildman–Crippen LogP) is 2.96. The molecule has 2 fully saturated rings. The lowest BCUT2D eigenvalue weighted by Gasteiger charge is -2.35. The summed E-state index contributed by atoms with van der Waals surface area (Å²) in [7, 11) is 0. The van der Waals surface area contributed by atoms with Gasteiger partial charge in [-0.1, -0.05) is 0 Å². The van der Waals surface area contributed by atoms with E-state index in [1.54, 1.807) is 29.3 Å². The molecule has 0 bridgehead atoms. The van der Waals surface area contributed by atoms with E-state index in [0.29, 0.717) is 42.7 Å². The highest BCUT2D eigenvalue weighted by atomic mass is 16.5. The van der Waals surface area contributed by atoms with Crippen LogP contribution in [0.1, 0.15) is 18.4 Å². The van der Waals surface area contributed by atoms with E-state index < -0.39 is 6.61 Å². The molecule has 10 nitrogen and oxygen atoms in total. The Morgan fingerprint density at radius 3 is 2.68 bits per heavy atom. The standard InChI is InChI=1S/C28H30N6O4/c29-17-21-16-20(3-8-25(21)38-24-2-1-15-37-19-24)28-30-10-9-26(32-28)31-22-4-6-23(7-5-22)33-11-13-34(14-12-33)27(36)18-35/h3-10,16,24,35H,1-2,11-15,18-19H2,(H,30,31,32). The van der Waals surface area contributed by atoms with Crippen LogP contribution in [0.3, 0.4) is 0 Å². The van der Waals surface area contributed by atoms with E-state index >= 15 is 0 Å². The van der Waals surface area contributed by atoms with Crippen LogP contribution in [-0.2, 0) is 9.53 Å². The van der Waals surface area contributed by atoms with Gasteiger partial charge in [0.2, 0.25) is 5.91 Å². The fraction of sp³-hybridized carbons (Fsp3) is 0.357. The van der Waals surface area contributed by atoms with Crippen molar-refractivity contribution in [2.24, 2.45) is 0 Å². The average Bonchev–Trinajstić information content (AvgIpc) is 2.98. The Morgan fingerprint density at radius 2 is 1.97 bits per heavy atom. The van der Waals surface area contributed by atoms with E-state index in [2.05, 4.69) is 26.3 Å². The zero-order valence-corrected chi connectivity index (χ0v) is 21.0. The van der Waals surface area contributed by atoms with Crippen LogP contribution in [-0.4, -0.2) is 78.0 Å². The SMILES string of the molecule is N#Cc1cc(-c2nccc(Nc3ccc(N4CCN(C(=O)CO)CC4)cc3)n2)ccc1OC1CCCOC1. The lowest BCUT2D eigenvalue weighted by molar-refractivity contribution is -0.134. The minimum Gasteiger partial charge on any atom is -0.487 e. The zero-order chi connectivity index (χ0) is 26.3. The third-order valence-corrected chi connectivity index (χ3v) is 6.70. The van der Waals surface area contributed by atoms with Crippen molar-refractivity contribution in [2.45, 2.75) is 18.9 Å². The smallest absolute Gasteiger partial charge is 0.248 e. The number of anilines is 3. The number of nitrogens with zero attached hydrogens (tertiary/aromatic N) is 5. The Morgan fingerprint density at radius 1 is 1.16 bits per heavy atom. The van der Waals surface area contributed by atoms with Gasteiger partial charge in [0.25, 0.3) is 0 Å². The number of ether oxygens (including phenoxy) is 2. The topological polar surface area (TPSA) is 124 Å². The van der Waals surface area contributed by atoms with E-state index in [4.69, 9.17) is 14.6 Å². The number of amides is 1. The highest BCUT2D eigenvalue weighted by Gasteiger charge is 2.21. The molecule has 10 heteroatoms. The van der Waals surface area contributed by atoms with Crippen molar-refractivity contribution >= 4 is 23.1 Å². The van der Waals surface area contributed by atoms with Crippen molar-refractivity contribution in [3.63, 3.8) is 0 Å². The maximum Gasteiger partial charge on any atom is 0.248 e. The first kappa shape index (κ1) is 25.4. The van der Waals surface area contributed by atoms with Crippen LogP contribution >= 0.6 is 0 Å². The van der Waals surface area contributed by atoms with Crippen molar-refractivity contribution in [1.82, 2.24) is 14.9 Å². The van der Waals surface area contributed by atoms with E-state index in [-0.39, 0.29) is 12.0 Å². The first-order valence-electron chi connectivity index (χ1n) is 12.8. The molecule has 3 aromatic rings. The number of nitrogens with one attached hydrogen (secondary N) is 1. The third-order valence-electron chi connectivity index (χ3n) is 6.70. The fourth-order valence-corrected chi connectivity index (χ4v) is 4.63. The number of benzene rings is 2. The zero-order valence-electron chi connectivity index (χ0n) is 21.0. The Kier molecular flexibility index (Phi) is 7.97. The van der Waals surface area contributed by atoms with Gasteiger partial charge in [0.15, 0.2) is 5.82 Å². The largest absolute Gasteiger partial charge is 0.487 e. The number of aliphatic hydroxyl groups excluding tert-OH is 1. The summed E-state index contributed by atoms with van der Waals surface area (Å²) in [6, 6.07) is 17.5. The second-order valence-electron chi connectivity index (χ2n) is 9.24. The Bertz CT molecular complexity index is 1300. The summed E-state index contributed by atoms with van der Waals surface area (Å²) in [5.74, 6) is 1.46. The molecule has 1 atom stereocenters. The van der Waals surface area contributed by atoms with Gasteiger partial charge in [0.05, 0.1) is 12.2 Å². The summed E-state index contributed by atoms with van der Waals surface area (Å²) < 4.78 is 11.5. The number of aromatic nitrogens is 2. The summed E-state index contributed by atoms with van der Waals surface area (Å²) >= 11 is 0. The summed E-state index contributed by atoms with van der Waals surface area (Å²) in [5.41, 5.74) is 3.11. The lowest BCUT2D eigenvalue weighted by Crippen LogP contribution is -2.49. The quantitative estimate of drug-likeness (QED) is 0.490. The number of hydrogen-bond donors (Lipinski definition) is 2. The second-order valence-corrected chi connectivity index (χ2v) is 9.24. The maximum absolute atomic E-state index is 11.7. The van der Waals surface area contributed by atoms with Gasteiger partial charge >= 0.3 is 0 Å². The minimum absolute atomic E-state index is 0.0445. The van der Waals surface area contributed by atoms with E-state index in [1.165, 1.54) is 0 Å². The van der Waals surface area contributed by atoms with Gasteiger partial charge in [0.1, 0.15) is 30.3 Å². The van der Waals surface area contributed by atoms with Crippen LogP contribution in [0.2, 0.25) is 0 Å². The summed E-state index contributed by atoms with van der Waals surface area (Å²) in [6.07, 6.45) is 3.50. The Labute approximate surface area is 221 Å². The predicted molar refractivity (Wildman–Crippen MR) is 142 cm³/mol. The number of nitriles is 1. The molecule has 1 amide bonds. The monoisotopic (exact) mass is 514 g/mol. The normalized spacial score (nSPS) is 17.5. The van der Waals surface area contributed by atoms with Crippen molar-refractivity contribution in [3.8, 4) is 23.2 Å². The molecule has 196 valence electrons. The average molecular weight is 515 g/mol. The number of hydrogen-bond acceptors (Lipinski definition) is 9. The third kappa shape index (κ3) is 6.02. The van der Waals surface area contributed by atoms with Crippen molar-refractivity contribution < 1.29 is 19.4 Å². The van der Waals surface area contributed by atoms with Crippen LogP contribution in [0.5, 0.6) is 5.75 Å². The van der Waals surface area contributed by atoms with Crippen molar-refractivity contribution in [3.05, 3.63) is 60.3 Å². The van der Waals surface area contributed by atoms with Gasteiger partial charge < -0.3 is 29.7 Å². The molecule has 1 aromatic heterocycles. The first-order chi connectivity index (χ1) is 18.6. The van der Waals surface area contributed by atoms with Crippen LogP contribution in [0, 0.1) is 11.3 Å². The van der Waals surface area contributed by atoms with Gasteiger partial charge in [-0.05, 0) is 61.4 Å². The molecule has 2 aliphatic rings. The summed E-state index contributed by atoms with van der Waals surface area (Å²) in [4.78, 5) is 24.6. The molecule has 2 N–H and O–H groups in total. The summed E-state index contributed by atoms with van der Waals surface area (Å²) in [5, 5.41) is 22.1. The highest BCUT2D eigenvalue weighted by Crippen LogP contribution is 2.28. The van der Waals surface area contributed by atoms with E-state index in [9.17, 15) is 10.1 Å². The number of carbonyl (C=O) groups excluding carboxylic acids is 1. The lowest BCUT2D eigenvalue weighted by atomic mass is 10.1. The number of rotatable bonds is 7. The number of piperazine rings is 1. The molecule has 2 aromatic carbocycles. The van der Waals surface area contributed by atoms with Crippen LogP contribution in [0.15, 0.2) is 54.7 Å². The fourth-order valence-electron chi connectivity index (χ4n) is 4.63. The molecular formula is C28H30N6O4. The number of carbonyl (C=O) groups is 1. The molecule has 3 heterocycles. The van der Waals surface area contributed by atoms with Crippen molar-refractivity contribution in [2.75, 3.05) is 56.2 Å². The maximum atomic E-state index is 11.7. The molecule has 0 radical (unpaired) electrons. The highest BCUT2D eigenvalue weighted by molar-refractivity contribution is 5.77. The second kappa shape index (κ2) is 11.9. The van der Waals surface area contributed by atoms with E-state index in [0.717, 1.165) is 49.5 Å². The molecular weight excluding hydrogens is 484 g/mol. The van der Waals surface area contributed by atoms with Crippen LogP contribution in [0.4, 0.5) is 17.2 Å². The molecule has 2 aliphatic heterocycles. The van der Waals surface area contributed by atoms with Gasteiger partial charge in [-0.25, -0.2) is 9.97 Å². The van der Waals surface area contributed by atoms with Crippen LogP contribution < -0.4 is 15.0 Å². The molecule has 2 saturated heterocycles.